The summed E-state index contributed by atoms with van der Waals surface area (Å²) in [5.74, 6) is 0.722. The molecule has 132 valence electrons. The summed E-state index contributed by atoms with van der Waals surface area (Å²) in [4.78, 5) is 15.1. The van der Waals surface area contributed by atoms with Crippen LogP contribution in [0.2, 0.25) is 0 Å². The lowest BCUT2D eigenvalue weighted by Gasteiger charge is -2.39. The molecule has 0 saturated carbocycles. The maximum absolute atomic E-state index is 13.1. The van der Waals surface area contributed by atoms with E-state index in [1.165, 1.54) is 5.56 Å². The van der Waals surface area contributed by atoms with Gasteiger partial charge < -0.3 is 15.4 Å². The Bertz CT molecular complexity index is 743. The number of benzene rings is 2. The molecule has 1 heterocycles. The lowest BCUT2D eigenvalue weighted by Crippen LogP contribution is -2.45. The van der Waals surface area contributed by atoms with Crippen molar-refractivity contribution < 1.29 is 9.53 Å². The summed E-state index contributed by atoms with van der Waals surface area (Å²) in [5, 5.41) is 0. The minimum atomic E-state index is -0.210. The first-order valence-corrected chi connectivity index (χ1v) is 8.78. The standard InChI is InChI=1S/C21H26N2O2/c1-14(15(2)22)21(24)23-13-18-11-19(25-3)10-9-17(18)12-20(23)16-7-5-4-6-8-16/h4-11,14-15,20H,12-13,22H2,1-3H3. The van der Waals surface area contributed by atoms with E-state index in [2.05, 4.69) is 18.2 Å². The number of hydrogen-bond donors (Lipinski definition) is 1. The van der Waals surface area contributed by atoms with Gasteiger partial charge in [0, 0.05) is 12.6 Å². The summed E-state index contributed by atoms with van der Waals surface area (Å²) in [5.41, 5.74) is 9.58. The average molecular weight is 338 g/mol. The molecule has 4 heteroatoms. The van der Waals surface area contributed by atoms with Crippen LogP contribution in [0.4, 0.5) is 0 Å². The quantitative estimate of drug-likeness (QED) is 0.930. The van der Waals surface area contributed by atoms with Crippen molar-refractivity contribution in [2.24, 2.45) is 11.7 Å². The molecule has 0 aliphatic carbocycles. The summed E-state index contributed by atoms with van der Waals surface area (Å²) in [7, 11) is 1.67. The second kappa shape index (κ2) is 7.28. The summed E-state index contributed by atoms with van der Waals surface area (Å²) < 4.78 is 5.35. The van der Waals surface area contributed by atoms with Gasteiger partial charge in [0.25, 0.3) is 0 Å². The average Bonchev–Trinajstić information content (AvgIpc) is 2.65. The number of carbonyl (C=O) groups is 1. The number of nitrogens with zero attached hydrogens (tertiary/aromatic N) is 1. The lowest BCUT2D eigenvalue weighted by molar-refractivity contribution is -0.139. The molecule has 0 saturated heterocycles. The molecule has 3 rings (SSSR count). The molecule has 2 aromatic rings. The van der Waals surface area contributed by atoms with Crippen molar-refractivity contribution in [1.82, 2.24) is 4.90 Å². The van der Waals surface area contributed by atoms with Gasteiger partial charge in [0.1, 0.15) is 5.75 Å². The highest BCUT2D eigenvalue weighted by atomic mass is 16.5. The Morgan fingerprint density at radius 3 is 2.52 bits per heavy atom. The molecule has 0 fully saturated rings. The molecule has 3 unspecified atom stereocenters. The van der Waals surface area contributed by atoms with Crippen LogP contribution in [-0.4, -0.2) is 24.0 Å². The Kier molecular flexibility index (Phi) is 5.09. The third kappa shape index (κ3) is 3.54. The Labute approximate surface area is 149 Å². The number of nitrogens with two attached hydrogens (primary N) is 1. The van der Waals surface area contributed by atoms with Crippen molar-refractivity contribution in [3.63, 3.8) is 0 Å². The second-order valence-electron chi connectivity index (χ2n) is 6.88. The zero-order valence-corrected chi connectivity index (χ0v) is 15.1. The first-order valence-electron chi connectivity index (χ1n) is 8.78. The number of fused-ring (bicyclic) bond motifs is 1. The SMILES string of the molecule is COc1ccc2c(c1)CN(C(=O)C(C)C(C)N)C(c1ccccc1)C2. The molecule has 2 N–H and O–H groups in total. The summed E-state index contributed by atoms with van der Waals surface area (Å²) >= 11 is 0. The maximum atomic E-state index is 13.1. The second-order valence-corrected chi connectivity index (χ2v) is 6.88. The highest BCUT2D eigenvalue weighted by Gasteiger charge is 2.34. The van der Waals surface area contributed by atoms with Crippen LogP contribution in [0.25, 0.3) is 0 Å². The van der Waals surface area contributed by atoms with E-state index in [9.17, 15) is 4.79 Å². The van der Waals surface area contributed by atoms with Crippen molar-refractivity contribution in [3.05, 3.63) is 65.2 Å². The van der Waals surface area contributed by atoms with E-state index >= 15 is 0 Å². The van der Waals surface area contributed by atoms with Crippen molar-refractivity contribution in [1.29, 1.82) is 0 Å². The summed E-state index contributed by atoms with van der Waals surface area (Å²) in [6, 6.07) is 16.2. The number of amides is 1. The lowest BCUT2D eigenvalue weighted by atomic mass is 9.88. The van der Waals surface area contributed by atoms with Gasteiger partial charge in [-0.2, -0.15) is 0 Å². The fraction of sp³-hybridized carbons (Fsp3) is 0.381. The van der Waals surface area contributed by atoms with Crippen LogP contribution in [0, 0.1) is 5.92 Å². The van der Waals surface area contributed by atoms with Crippen LogP contribution < -0.4 is 10.5 Å². The number of hydrogen-bond acceptors (Lipinski definition) is 3. The van der Waals surface area contributed by atoms with E-state index in [0.717, 1.165) is 23.3 Å². The first-order chi connectivity index (χ1) is 12.0. The van der Waals surface area contributed by atoms with E-state index < -0.39 is 0 Å². The van der Waals surface area contributed by atoms with E-state index in [0.29, 0.717) is 6.54 Å². The van der Waals surface area contributed by atoms with Crippen LogP contribution in [0.1, 0.15) is 36.6 Å². The van der Waals surface area contributed by atoms with Crippen LogP contribution >= 0.6 is 0 Å². The predicted molar refractivity (Wildman–Crippen MR) is 99.2 cm³/mol. The van der Waals surface area contributed by atoms with Gasteiger partial charge in [0.05, 0.1) is 19.1 Å². The summed E-state index contributed by atoms with van der Waals surface area (Å²) in [6.45, 7) is 4.39. The maximum Gasteiger partial charge on any atom is 0.227 e. The minimum absolute atomic E-state index is 0.0378. The Hall–Kier alpha value is -2.33. The molecular weight excluding hydrogens is 312 g/mol. The predicted octanol–water partition coefficient (Wildman–Crippen LogP) is 3.30. The van der Waals surface area contributed by atoms with E-state index in [-0.39, 0.29) is 23.9 Å². The molecular formula is C21H26N2O2. The van der Waals surface area contributed by atoms with Crippen LogP contribution in [0.5, 0.6) is 5.75 Å². The molecule has 0 bridgehead atoms. The van der Waals surface area contributed by atoms with Crippen LogP contribution in [0.3, 0.4) is 0 Å². The largest absolute Gasteiger partial charge is 0.497 e. The van der Waals surface area contributed by atoms with Gasteiger partial charge in [-0.3, -0.25) is 4.79 Å². The molecule has 3 atom stereocenters. The van der Waals surface area contributed by atoms with Gasteiger partial charge in [-0.05, 0) is 42.2 Å². The topological polar surface area (TPSA) is 55.6 Å². The highest BCUT2D eigenvalue weighted by molar-refractivity contribution is 5.80. The molecule has 0 radical (unpaired) electrons. The third-order valence-corrected chi connectivity index (χ3v) is 5.19. The van der Waals surface area contributed by atoms with Gasteiger partial charge in [-0.15, -0.1) is 0 Å². The van der Waals surface area contributed by atoms with Crippen LogP contribution in [0.15, 0.2) is 48.5 Å². The Morgan fingerprint density at radius 2 is 1.88 bits per heavy atom. The Balaban J connectivity index is 2.00. The summed E-state index contributed by atoms with van der Waals surface area (Å²) in [6.07, 6.45) is 0.806. The zero-order valence-electron chi connectivity index (χ0n) is 15.1. The van der Waals surface area contributed by atoms with Crippen molar-refractivity contribution in [2.75, 3.05) is 7.11 Å². The molecule has 1 aliphatic heterocycles. The van der Waals surface area contributed by atoms with Gasteiger partial charge in [-0.1, -0.05) is 43.3 Å². The van der Waals surface area contributed by atoms with Gasteiger partial charge >= 0.3 is 0 Å². The molecule has 2 aromatic carbocycles. The van der Waals surface area contributed by atoms with Gasteiger partial charge in [0.2, 0.25) is 5.91 Å². The fourth-order valence-electron chi connectivity index (χ4n) is 3.38. The molecule has 1 amide bonds. The zero-order chi connectivity index (χ0) is 18.0. The number of rotatable bonds is 4. The minimum Gasteiger partial charge on any atom is -0.497 e. The normalized spacial score (nSPS) is 19.0. The molecule has 4 nitrogen and oxygen atoms in total. The Morgan fingerprint density at radius 1 is 1.16 bits per heavy atom. The number of ether oxygens (including phenoxy) is 1. The first kappa shape index (κ1) is 17.5. The molecule has 1 aliphatic rings. The monoisotopic (exact) mass is 338 g/mol. The van der Waals surface area contributed by atoms with Gasteiger partial charge in [-0.25, -0.2) is 0 Å². The van der Waals surface area contributed by atoms with E-state index in [4.69, 9.17) is 10.5 Å². The van der Waals surface area contributed by atoms with Gasteiger partial charge in [0.15, 0.2) is 0 Å². The van der Waals surface area contributed by atoms with Crippen molar-refractivity contribution in [2.45, 2.75) is 38.9 Å². The smallest absolute Gasteiger partial charge is 0.227 e. The fourth-order valence-corrected chi connectivity index (χ4v) is 3.38. The molecule has 0 aromatic heterocycles. The molecule has 0 spiro atoms. The third-order valence-electron chi connectivity index (χ3n) is 5.19. The van der Waals surface area contributed by atoms with Crippen LogP contribution in [-0.2, 0) is 17.8 Å². The van der Waals surface area contributed by atoms with E-state index in [1.807, 2.05) is 49.1 Å². The van der Waals surface area contributed by atoms with E-state index in [1.54, 1.807) is 7.11 Å². The van der Waals surface area contributed by atoms with Crippen molar-refractivity contribution >= 4 is 5.91 Å². The van der Waals surface area contributed by atoms with Crippen molar-refractivity contribution in [3.8, 4) is 5.75 Å². The molecule has 25 heavy (non-hydrogen) atoms. The number of carbonyl (C=O) groups excluding carboxylic acids is 1. The number of methoxy groups -OCH3 is 1. The highest BCUT2D eigenvalue weighted by Crippen LogP contribution is 2.35.